The first kappa shape index (κ1) is 23.3. The number of hydrogen-bond donors (Lipinski definition) is 2. The highest BCUT2D eigenvalue weighted by Gasteiger charge is 2.13. The molecule has 2 N–H and O–H groups in total. The van der Waals surface area contributed by atoms with Crippen LogP contribution >= 0.6 is 0 Å². The monoisotopic (exact) mass is 430 g/mol. The molecule has 160 valence electrons. The van der Waals surface area contributed by atoms with Gasteiger partial charge in [0.05, 0.1) is 0 Å². The van der Waals surface area contributed by atoms with Gasteiger partial charge in [-0.05, 0) is 30.0 Å². The zero-order valence-corrected chi connectivity index (χ0v) is 17.8. The molecule has 7 nitrogen and oxygen atoms in total. The summed E-state index contributed by atoms with van der Waals surface area (Å²) >= 11 is 0. The molecular weight excluding hydrogens is 404 g/mol. The second kappa shape index (κ2) is 11.3. The summed E-state index contributed by atoms with van der Waals surface area (Å²) in [5, 5.41) is 3.66. The SMILES string of the molecule is Cc1ccc(/C=C/S(=O)(=O)NCC(=O)OCC(=O)NCC(C)c2ccccc2)cc1. The Hall–Kier alpha value is -2.97. The van der Waals surface area contributed by atoms with Crippen LogP contribution in [0.4, 0.5) is 0 Å². The molecular formula is C22H26N2O5S. The highest BCUT2D eigenvalue weighted by atomic mass is 32.2. The molecule has 0 saturated heterocycles. The number of carbonyl (C=O) groups excluding carboxylic acids is 2. The number of esters is 1. The average molecular weight is 431 g/mol. The topological polar surface area (TPSA) is 102 Å². The Bertz CT molecular complexity index is 970. The Morgan fingerprint density at radius 3 is 2.40 bits per heavy atom. The maximum atomic E-state index is 11.9. The van der Waals surface area contributed by atoms with Crippen molar-refractivity contribution in [2.24, 2.45) is 0 Å². The zero-order chi connectivity index (χ0) is 22.0. The zero-order valence-electron chi connectivity index (χ0n) is 17.0. The van der Waals surface area contributed by atoms with E-state index in [2.05, 4.69) is 10.0 Å². The van der Waals surface area contributed by atoms with E-state index in [-0.39, 0.29) is 5.92 Å². The number of aryl methyl sites for hydroxylation is 1. The van der Waals surface area contributed by atoms with Crippen LogP contribution in [-0.2, 0) is 24.3 Å². The van der Waals surface area contributed by atoms with Crippen LogP contribution in [0.15, 0.2) is 60.0 Å². The van der Waals surface area contributed by atoms with E-state index in [1.807, 2.05) is 56.3 Å². The highest BCUT2D eigenvalue weighted by Crippen LogP contribution is 2.12. The summed E-state index contributed by atoms with van der Waals surface area (Å²) in [7, 11) is -3.81. The number of rotatable bonds is 10. The number of benzene rings is 2. The molecule has 0 aliphatic rings. The predicted molar refractivity (Wildman–Crippen MR) is 116 cm³/mol. The first-order valence-corrected chi connectivity index (χ1v) is 11.0. The lowest BCUT2D eigenvalue weighted by atomic mass is 10.0. The Labute approximate surface area is 177 Å². The molecule has 1 atom stereocenters. The summed E-state index contributed by atoms with van der Waals surface area (Å²) in [5.41, 5.74) is 2.87. The highest BCUT2D eigenvalue weighted by molar-refractivity contribution is 7.92. The quantitative estimate of drug-likeness (QED) is 0.564. The van der Waals surface area contributed by atoms with Crippen molar-refractivity contribution in [3.05, 3.63) is 76.7 Å². The Balaban J connectivity index is 1.69. The van der Waals surface area contributed by atoms with Crippen molar-refractivity contribution in [1.29, 1.82) is 0 Å². The van der Waals surface area contributed by atoms with Crippen LogP contribution in [0.1, 0.15) is 29.5 Å². The summed E-state index contributed by atoms with van der Waals surface area (Å²) in [6.45, 7) is 3.27. The lowest BCUT2D eigenvalue weighted by Crippen LogP contribution is -2.34. The first-order valence-electron chi connectivity index (χ1n) is 9.47. The lowest BCUT2D eigenvalue weighted by Gasteiger charge is -2.13. The van der Waals surface area contributed by atoms with Crippen LogP contribution < -0.4 is 10.0 Å². The second-order valence-electron chi connectivity index (χ2n) is 6.86. The van der Waals surface area contributed by atoms with E-state index in [4.69, 9.17) is 4.74 Å². The van der Waals surface area contributed by atoms with Gasteiger partial charge in [0.1, 0.15) is 6.54 Å². The summed E-state index contributed by atoms with van der Waals surface area (Å²) in [6.07, 6.45) is 1.43. The fourth-order valence-electron chi connectivity index (χ4n) is 2.47. The summed E-state index contributed by atoms with van der Waals surface area (Å²) in [4.78, 5) is 23.5. The van der Waals surface area contributed by atoms with E-state index in [1.165, 1.54) is 6.08 Å². The minimum Gasteiger partial charge on any atom is -0.455 e. The summed E-state index contributed by atoms with van der Waals surface area (Å²) in [6, 6.07) is 17.0. The van der Waals surface area contributed by atoms with Crippen LogP contribution in [-0.4, -0.2) is 40.0 Å². The standard InChI is InChI=1S/C22H26N2O5S/c1-17-8-10-19(11-9-17)12-13-30(27,28)24-15-22(26)29-16-21(25)23-14-18(2)20-6-4-3-5-7-20/h3-13,18,24H,14-16H2,1-2H3,(H,23,25)/b13-12+. The Kier molecular flexibility index (Phi) is 8.76. The van der Waals surface area contributed by atoms with Crippen molar-refractivity contribution in [3.8, 4) is 0 Å². The lowest BCUT2D eigenvalue weighted by molar-refractivity contribution is -0.147. The van der Waals surface area contributed by atoms with Gasteiger partial charge in [0.25, 0.3) is 5.91 Å². The number of sulfonamides is 1. The molecule has 0 heterocycles. The van der Waals surface area contributed by atoms with Crippen LogP contribution in [0, 0.1) is 6.92 Å². The van der Waals surface area contributed by atoms with Crippen molar-refractivity contribution in [2.45, 2.75) is 19.8 Å². The van der Waals surface area contributed by atoms with Gasteiger partial charge in [0.15, 0.2) is 6.61 Å². The smallest absolute Gasteiger partial charge is 0.321 e. The molecule has 1 amide bonds. The van der Waals surface area contributed by atoms with Crippen molar-refractivity contribution in [2.75, 3.05) is 19.7 Å². The van der Waals surface area contributed by atoms with Crippen LogP contribution in [0.3, 0.4) is 0 Å². The molecule has 30 heavy (non-hydrogen) atoms. The largest absolute Gasteiger partial charge is 0.455 e. The van der Waals surface area contributed by atoms with Gasteiger partial charge < -0.3 is 10.1 Å². The fourth-order valence-corrected chi connectivity index (χ4v) is 3.22. The van der Waals surface area contributed by atoms with Gasteiger partial charge in [-0.1, -0.05) is 67.1 Å². The molecule has 0 radical (unpaired) electrons. The second-order valence-corrected chi connectivity index (χ2v) is 8.51. The maximum absolute atomic E-state index is 11.9. The van der Waals surface area contributed by atoms with Gasteiger partial charge >= 0.3 is 5.97 Å². The van der Waals surface area contributed by atoms with Crippen LogP contribution in [0.5, 0.6) is 0 Å². The molecule has 2 aromatic carbocycles. The molecule has 0 aliphatic carbocycles. The van der Waals surface area contributed by atoms with Crippen LogP contribution in [0.2, 0.25) is 0 Å². The van der Waals surface area contributed by atoms with Gasteiger partial charge in [-0.25, -0.2) is 13.1 Å². The third-order valence-electron chi connectivity index (χ3n) is 4.27. The van der Waals surface area contributed by atoms with E-state index >= 15 is 0 Å². The van der Waals surface area contributed by atoms with Crippen molar-refractivity contribution in [3.63, 3.8) is 0 Å². The van der Waals surface area contributed by atoms with E-state index in [0.29, 0.717) is 6.54 Å². The van der Waals surface area contributed by atoms with E-state index in [9.17, 15) is 18.0 Å². The average Bonchev–Trinajstić information content (AvgIpc) is 2.75. The Morgan fingerprint density at radius 1 is 1.07 bits per heavy atom. The number of nitrogens with one attached hydrogen (secondary N) is 2. The van der Waals surface area contributed by atoms with Crippen molar-refractivity contribution < 1.29 is 22.7 Å². The molecule has 2 rings (SSSR count). The molecule has 0 fully saturated rings. The third kappa shape index (κ3) is 8.59. The third-order valence-corrected chi connectivity index (χ3v) is 5.31. The number of carbonyl (C=O) groups is 2. The Morgan fingerprint density at radius 2 is 1.73 bits per heavy atom. The molecule has 0 bridgehead atoms. The molecule has 0 aromatic heterocycles. The predicted octanol–water partition coefficient (Wildman–Crippen LogP) is 2.35. The maximum Gasteiger partial charge on any atom is 0.321 e. The molecule has 1 unspecified atom stereocenters. The van der Waals surface area contributed by atoms with Gasteiger partial charge in [-0.3, -0.25) is 9.59 Å². The normalized spacial score (nSPS) is 12.5. The fraction of sp³-hybridized carbons (Fsp3) is 0.273. The van der Waals surface area contributed by atoms with Gasteiger partial charge in [0, 0.05) is 12.0 Å². The van der Waals surface area contributed by atoms with Gasteiger partial charge in [0.2, 0.25) is 10.0 Å². The molecule has 0 spiro atoms. The molecule has 2 aromatic rings. The minimum absolute atomic E-state index is 0.109. The summed E-state index contributed by atoms with van der Waals surface area (Å²) in [5.74, 6) is -1.18. The van der Waals surface area contributed by atoms with E-state index in [0.717, 1.165) is 22.1 Å². The number of amides is 1. The first-order chi connectivity index (χ1) is 14.2. The van der Waals surface area contributed by atoms with Crippen molar-refractivity contribution in [1.82, 2.24) is 10.0 Å². The van der Waals surface area contributed by atoms with Crippen molar-refractivity contribution >= 4 is 28.0 Å². The minimum atomic E-state index is -3.81. The number of hydrogen-bond acceptors (Lipinski definition) is 5. The van der Waals surface area contributed by atoms with Crippen LogP contribution in [0.25, 0.3) is 6.08 Å². The molecule has 0 aliphatic heterocycles. The van der Waals surface area contributed by atoms with E-state index in [1.54, 1.807) is 12.1 Å². The number of ether oxygens (including phenoxy) is 1. The molecule has 0 saturated carbocycles. The van der Waals surface area contributed by atoms with Gasteiger partial charge in [-0.15, -0.1) is 0 Å². The molecule has 8 heteroatoms. The summed E-state index contributed by atoms with van der Waals surface area (Å²) < 4.78 is 30.8. The van der Waals surface area contributed by atoms with E-state index < -0.39 is 35.1 Å². The van der Waals surface area contributed by atoms with Gasteiger partial charge in [-0.2, -0.15) is 0 Å².